The molecule has 1 heterocycles. The fourth-order valence-corrected chi connectivity index (χ4v) is 2.59. The molecule has 0 spiro atoms. The van der Waals surface area contributed by atoms with Crippen molar-refractivity contribution >= 4 is 17.8 Å². The Morgan fingerprint density at radius 3 is 1.96 bits per heavy atom. The van der Waals surface area contributed by atoms with Crippen molar-refractivity contribution in [3.8, 4) is 0 Å². The number of alkyl halides is 3. The zero-order valence-corrected chi connectivity index (χ0v) is 14.5. The van der Waals surface area contributed by atoms with Crippen molar-refractivity contribution in [1.29, 1.82) is 5.41 Å². The number of hydrogen-bond acceptors (Lipinski definition) is 9. The molecule has 0 saturated carbocycles. The van der Waals surface area contributed by atoms with Gasteiger partial charge in [0.05, 0.1) is 31.8 Å². The molecule has 5 atom stereocenters. The van der Waals surface area contributed by atoms with Gasteiger partial charge in [0.15, 0.2) is 0 Å². The molecule has 0 radical (unpaired) electrons. The highest BCUT2D eigenvalue weighted by molar-refractivity contribution is 5.86. The van der Waals surface area contributed by atoms with Crippen molar-refractivity contribution in [2.24, 2.45) is 0 Å². The van der Waals surface area contributed by atoms with E-state index in [0.29, 0.717) is 4.90 Å². The van der Waals surface area contributed by atoms with E-state index in [2.05, 4.69) is 4.84 Å². The Labute approximate surface area is 156 Å². The summed E-state index contributed by atoms with van der Waals surface area (Å²) in [6.07, 6.45) is -10.5. The molecule has 162 valence electrons. The molecule has 0 bridgehead atoms. The van der Waals surface area contributed by atoms with Crippen LogP contribution in [-0.2, 0) is 14.4 Å². The summed E-state index contributed by atoms with van der Waals surface area (Å²) < 4.78 is 36.1. The molecule has 0 aliphatic carbocycles. The number of guanidine groups is 1. The monoisotopic (exact) mass is 418 g/mol. The minimum absolute atomic E-state index is 0.716. The number of rotatable bonds is 4. The summed E-state index contributed by atoms with van der Waals surface area (Å²) in [4.78, 5) is 28.2. The fraction of sp³-hybridized carbons (Fsp3) is 0.769. The number of aliphatic hydroxyl groups excluding tert-OH is 5. The second kappa shape index (κ2) is 9.33. The molecule has 1 saturated heterocycles. The highest BCUT2D eigenvalue weighted by Crippen LogP contribution is 2.25. The number of nitrogens with zero attached hydrogens (tertiary/aromatic N) is 2. The smallest absolute Gasteiger partial charge is 0.394 e. The van der Waals surface area contributed by atoms with Crippen LogP contribution >= 0.6 is 0 Å². The maximum Gasteiger partial charge on any atom is 0.493 e. The van der Waals surface area contributed by atoms with Gasteiger partial charge in [0, 0.05) is 7.05 Å². The van der Waals surface area contributed by atoms with Gasteiger partial charge in [-0.25, -0.2) is 4.79 Å². The first kappa shape index (κ1) is 23.8. The highest BCUT2D eigenvalue weighted by atomic mass is 19.4. The average molecular weight is 418 g/mol. The lowest BCUT2D eigenvalue weighted by Crippen LogP contribution is -2.70. The van der Waals surface area contributed by atoms with Crippen LogP contribution in [0.4, 0.5) is 13.2 Å². The van der Waals surface area contributed by atoms with Crippen LogP contribution in [0, 0.1) is 5.41 Å². The number of hydroxylamine groups is 1. The molecule has 0 aromatic carbocycles. The largest absolute Gasteiger partial charge is 0.493 e. The molecule has 1 rings (SSSR count). The SMILES string of the molecule is CN(CC(=O)N1[C@H](CO)[C@H](O)[C@H](O)[C@H](O)[C@H]1CO)C(=N)NOC(=O)C(F)(F)F. The summed E-state index contributed by atoms with van der Waals surface area (Å²) in [5.41, 5.74) is 1.40. The van der Waals surface area contributed by atoms with Crippen LogP contribution in [0.5, 0.6) is 0 Å². The number of piperidine rings is 1. The first-order valence-corrected chi connectivity index (χ1v) is 7.77. The van der Waals surface area contributed by atoms with Crippen molar-refractivity contribution in [3.05, 3.63) is 0 Å². The second-order valence-electron chi connectivity index (χ2n) is 5.97. The van der Waals surface area contributed by atoms with Crippen LogP contribution in [0.1, 0.15) is 0 Å². The van der Waals surface area contributed by atoms with Gasteiger partial charge in [-0.15, -0.1) is 0 Å². The third kappa shape index (κ3) is 5.20. The van der Waals surface area contributed by atoms with E-state index in [1.54, 1.807) is 0 Å². The lowest BCUT2D eigenvalue weighted by molar-refractivity contribution is -0.204. The number of aliphatic hydroxyl groups is 5. The normalized spacial score (nSPS) is 27.9. The number of hydrogen-bond donors (Lipinski definition) is 7. The van der Waals surface area contributed by atoms with Crippen molar-refractivity contribution in [1.82, 2.24) is 15.3 Å². The molecule has 0 unspecified atom stereocenters. The molecule has 1 fully saturated rings. The van der Waals surface area contributed by atoms with E-state index < -0.39 is 74.2 Å². The minimum atomic E-state index is -5.30. The van der Waals surface area contributed by atoms with Crippen molar-refractivity contribution in [2.75, 3.05) is 26.8 Å². The van der Waals surface area contributed by atoms with Gasteiger partial charge < -0.3 is 40.2 Å². The van der Waals surface area contributed by atoms with Crippen LogP contribution < -0.4 is 5.48 Å². The third-order valence-corrected chi connectivity index (χ3v) is 4.09. The number of carbonyl (C=O) groups is 2. The topological polar surface area (TPSA) is 187 Å². The molecule has 15 heteroatoms. The van der Waals surface area contributed by atoms with Gasteiger partial charge in [0.2, 0.25) is 11.9 Å². The molecular formula is C13H21F3N4O8. The van der Waals surface area contributed by atoms with Crippen molar-refractivity contribution in [2.45, 2.75) is 36.6 Å². The summed E-state index contributed by atoms with van der Waals surface area (Å²) >= 11 is 0. The fourth-order valence-electron chi connectivity index (χ4n) is 2.59. The van der Waals surface area contributed by atoms with Gasteiger partial charge in [-0.3, -0.25) is 10.2 Å². The van der Waals surface area contributed by atoms with E-state index in [4.69, 9.17) is 5.41 Å². The predicted octanol–water partition coefficient (Wildman–Crippen LogP) is -3.89. The molecule has 7 N–H and O–H groups in total. The number of likely N-dealkylation sites (N-methyl/N-ethyl adjacent to an activating group) is 1. The first-order valence-electron chi connectivity index (χ1n) is 7.77. The van der Waals surface area contributed by atoms with Gasteiger partial charge in [0.25, 0.3) is 0 Å². The van der Waals surface area contributed by atoms with Gasteiger partial charge in [0.1, 0.15) is 18.3 Å². The van der Waals surface area contributed by atoms with Gasteiger partial charge in [-0.1, -0.05) is 0 Å². The molecular weight excluding hydrogens is 397 g/mol. The first-order chi connectivity index (χ1) is 12.9. The zero-order chi connectivity index (χ0) is 21.8. The Morgan fingerprint density at radius 2 is 1.57 bits per heavy atom. The van der Waals surface area contributed by atoms with E-state index >= 15 is 0 Å². The lowest BCUT2D eigenvalue weighted by atomic mass is 9.88. The Morgan fingerprint density at radius 1 is 1.11 bits per heavy atom. The summed E-state index contributed by atoms with van der Waals surface area (Å²) in [5.74, 6) is -4.49. The summed E-state index contributed by atoms with van der Waals surface area (Å²) in [7, 11) is 1.07. The van der Waals surface area contributed by atoms with E-state index in [9.17, 15) is 48.3 Å². The summed E-state index contributed by atoms with van der Waals surface area (Å²) in [6.45, 7) is -2.41. The maximum absolute atomic E-state index is 12.5. The quantitative estimate of drug-likeness (QED) is 0.135. The molecule has 28 heavy (non-hydrogen) atoms. The van der Waals surface area contributed by atoms with Gasteiger partial charge >= 0.3 is 12.1 Å². The number of likely N-dealkylation sites (tertiary alicyclic amines) is 1. The summed E-state index contributed by atoms with van der Waals surface area (Å²) in [6, 6.07) is -2.80. The molecule has 1 aliphatic heterocycles. The van der Waals surface area contributed by atoms with Crippen molar-refractivity contribution in [3.63, 3.8) is 0 Å². The number of carbonyl (C=O) groups excluding carboxylic acids is 2. The highest BCUT2D eigenvalue weighted by Gasteiger charge is 2.49. The lowest BCUT2D eigenvalue weighted by Gasteiger charge is -2.48. The Kier molecular flexibility index (Phi) is 7.94. The number of halogens is 3. The number of nitrogens with one attached hydrogen (secondary N) is 2. The van der Waals surface area contributed by atoms with Crippen LogP contribution in [0.25, 0.3) is 0 Å². The summed E-state index contributed by atoms with van der Waals surface area (Å²) in [5, 5.41) is 55.9. The molecule has 1 aliphatic rings. The predicted molar refractivity (Wildman–Crippen MR) is 82.3 cm³/mol. The van der Waals surface area contributed by atoms with E-state index in [1.165, 1.54) is 5.48 Å². The van der Waals surface area contributed by atoms with Crippen molar-refractivity contribution < 1.29 is 53.1 Å². The average Bonchev–Trinajstić information content (AvgIpc) is 2.62. The molecule has 1 amide bonds. The van der Waals surface area contributed by atoms with Crippen LogP contribution in [0.3, 0.4) is 0 Å². The molecule has 12 nitrogen and oxygen atoms in total. The van der Waals surface area contributed by atoms with E-state index in [-0.39, 0.29) is 0 Å². The molecule has 0 aromatic heterocycles. The van der Waals surface area contributed by atoms with E-state index in [0.717, 1.165) is 11.9 Å². The van der Waals surface area contributed by atoms with Gasteiger partial charge in [-0.05, 0) is 0 Å². The van der Waals surface area contributed by atoms with Gasteiger partial charge in [-0.2, -0.15) is 18.7 Å². The third-order valence-electron chi connectivity index (χ3n) is 4.09. The second-order valence-corrected chi connectivity index (χ2v) is 5.97. The van der Waals surface area contributed by atoms with Crippen LogP contribution in [-0.4, -0.2) is 117 Å². The Hall–Kier alpha value is -2.20. The van der Waals surface area contributed by atoms with Crippen LogP contribution in [0.2, 0.25) is 0 Å². The zero-order valence-electron chi connectivity index (χ0n) is 14.5. The minimum Gasteiger partial charge on any atom is -0.394 e. The van der Waals surface area contributed by atoms with E-state index in [1.807, 2.05) is 0 Å². The molecule has 0 aromatic rings. The maximum atomic E-state index is 12.5. The Balaban J connectivity index is 2.82. The van der Waals surface area contributed by atoms with Crippen LogP contribution in [0.15, 0.2) is 0 Å². The standard InChI is InChI=1S/C13H21F3N4O8/c1-19(12(17)18-28-11(27)13(14,15)16)2-7(23)20-5(3-21)8(24)10(26)9(25)6(20)4-22/h5-6,8-10,21-22,24-26H,2-4H2,1H3,(H2,17,18)/t5-,6-,8-,9+,10-/m1/s1. The Bertz CT molecular complexity index is 575. The number of amides is 1.